The summed E-state index contributed by atoms with van der Waals surface area (Å²) in [5.41, 5.74) is 1.78. The molecule has 0 radical (unpaired) electrons. The van der Waals surface area contributed by atoms with Crippen LogP contribution < -0.4 is 14.4 Å². The van der Waals surface area contributed by atoms with Gasteiger partial charge in [0.25, 0.3) is 0 Å². The van der Waals surface area contributed by atoms with Gasteiger partial charge in [0.05, 0.1) is 19.9 Å². The maximum atomic E-state index is 12.5. The number of aromatic nitrogens is 2. The van der Waals surface area contributed by atoms with Crippen LogP contribution >= 0.6 is 0 Å². The SMILES string of the molecule is COc1ccc(/C=C/C(=O)N2CCN(c3ccc(C)nn3)CC2)cc1OC. The van der Waals surface area contributed by atoms with Crippen LogP contribution in [0.3, 0.4) is 0 Å². The Kier molecular flexibility index (Phi) is 5.90. The molecule has 0 bridgehead atoms. The van der Waals surface area contributed by atoms with E-state index < -0.39 is 0 Å². The average molecular weight is 368 g/mol. The lowest BCUT2D eigenvalue weighted by molar-refractivity contribution is -0.126. The van der Waals surface area contributed by atoms with Crippen LogP contribution in [0.4, 0.5) is 5.82 Å². The molecule has 27 heavy (non-hydrogen) atoms. The van der Waals surface area contributed by atoms with Crippen LogP contribution in [0.25, 0.3) is 6.08 Å². The average Bonchev–Trinajstić information content (AvgIpc) is 2.72. The fourth-order valence-corrected chi connectivity index (χ4v) is 2.95. The summed E-state index contributed by atoms with van der Waals surface area (Å²) in [6, 6.07) is 9.47. The highest BCUT2D eigenvalue weighted by Crippen LogP contribution is 2.28. The predicted octanol–water partition coefficient (Wildman–Crippen LogP) is 2.16. The third-order valence-corrected chi connectivity index (χ3v) is 4.53. The van der Waals surface area contributed by atoms with Crippen LogP contribution in [0.1, 0.15) is 11.3 Å². The van der Waals surface area contributed by atoms with E-state index in [9.17, 15) is 4.79 Å². The quantitative estimate of drug-likeness (QED) is 0.754. The topological polar surface area (TPSA) is 67.8 Å². The molecule has 0 atom stereocenters. The summed E-state index contributed by atoms with van der Waals surface area (Å²) in [5.74, 6) is 2.16. The van der Waals surface area contributed by atoms with Crippen molar-refractivity contribution in [1.82, 2.24) is 15.1 Å². The number of benzene rings is 1. The second kappa shape index (κ2) is 8.53. The summed E-state index contributed by atoms with van der Waals surface area (Å²) in [5, 5.41) is 8.31. The molecule has 142 valence electrons. The predicted molar refractivity (Wildman–Crippen MR) is 104 cm³/mol. The number of amides is 1. The van der Waals surface area contributed by atoms with Gasteiger partial charge in [0.2, 0.25) is 5.91 Å². The van der Waals surface area contributed by atoms with Crippen LogP contribution in [-0.2, 0) is 4.79 Å². The lowest BCUT2D eigenvalue weighted by Gasteiger charge is -2.34. The van der Waals surface area contributed by atoms with Crippen molar-refractivity contribution in [1.29, 1.82) is 0 Å². The van der Waals surface area contributed by atoms with E-state index in [1.165, 1.54) is 0 Å². The minimum absolute atomic E-state index is 0.000532. The molecule has 7 nitrogen and oxygen atoms in total. The second-order valence-electron chi connectivity index (χ2n) is 6.29. The largest absolute Gasteiger partial charge is 0.493 e. The zero-order valence-electron chi connectivity index (χ0n) is 15.9. The summed E-state index contributed by atoms with van der Waals surface area (Å²) >= 11 is 0. The maximum absolute atomic E-state index is 12.5. The third kappa shape index (κ3) is 4.55. The summed E-state index contributed by atoms with van der Waals surface area (Å²) in [4.78, 5) is 16.5. The number of methoxy groups -OCH3 is 2. The molecule has 0 spiro atoms. The fraction of sp³-hybridized carbons (Fsp3) is 0.350. The van der Waals surface area contributed by atoms with E-state index in [-0.39, 0.29) is 5.91 Å². The molecular weight excluding hydrogens is 344 g/mol. The Bertz CT molecular complexity index is 812. The number of rotatable bonds is 5. The molecule has 0 unspecified atom stereocenters. The van der Waals surface area contributed by atoms with Crippen molar-refractivity contribution in [3.63, 3.8) is 0 Å². The van der Waals surface area contributed by atoms with Crippen LogP contribution in [0, 0.1) is 6.92 Å². The number of anilines is 1. The van der Waals surface area contributed by atoms with E-state index in [0.29, 0.717) is 24.6 Å². The molecule has 2 heterocycles. The standard InChI is InChI=1S/C20H24N4O3/c1-15-4-8-19(22-21-15)23-10-12-24(13-11-23)20(25)9-6-16-5-7-17(26-2)18(14-16)27-3/h4-9,14H,10-13H2,1-3H3/b9-6+. The highest BCUT2D eigenvalue weighted by Gasteiger charge is 2.20. The van der Waals surface area contributed by atoms with Crippen molar-refractivity contribution in [2.75, 3.05) is 45.3 Å². The summed E-state index contributed by atoms with van der Waals surface area (Å²) in [7, 11) is 3.19. The number of aryl methyl sites for hydroxylation is 1. The van der Waals surface area contributed by atoms with Crippen LogP contribution in [0.15, 0.2) is 36.4 Å². The lowest BCUT2D eigenvalue weighted by atomic mass is 10.2. The van der Waals surface area contributed by atoms with Gasteiger partial charge >= 0.3 is 0 Å². The van der Waals surface area contributed by atoms with Gasteiger partial charge < -0.3 is 19.3 Å². The summed E-state index contributed by atoms with van der Waals surface area (Å²) < 4.78 is 10.5. The molecule has 1 aromatic carbocycles. The van der Waals surface area contributed by atoms with Crippen LogP contribution in [-0.4, -0.2) is 61.4 Å². The molecule has 1 saturated heterocycles. The van der Waals surface area contributed by atoms with Crippen LogP contribution in [0.5, 0.6) is 11.5 Å². The normalized spacial score (nSPS) is 14.5. The molecule has 0 aliphatic carbocycles. The molecule has 2 aromatic rings. The molecule has 3 rings (SSSR count). The molecular formula is C20H24N4O3. The Morgan fingerprint density at radius 2 is 1.74 bits per heavy atom. The highest BCUT2D eigenvalue weighted by molar-refractivity contribution is 5.92. The molecule has 7 heteroatoms. The van der Waals surface area contributed by atoms with Gasteiger partial charge in [0.1, 0.15) is 0 Å². The van der Waals surface area contributed by atoms with E-state index in [1.807, 2.05) is 42.2 Å². The van der Waals surface area contributed by atoms with Crippen molar-refractivity contribution < 1.29 is 14.3 Å². The number of hydrogen-bond acceptors (Lipinski definition) is 6. The van der Waals surface area contributed by atoms with Gasteiger partial charge in [0, 0.05) is 32.3 Å². The minimum Gasteiger partial charge on any atom is -0.493 e. The van der Waals surface area contributed by atoms with E-state index in [1.54, 1.807) is 26.4 Å². The summed E-state index contributed by atoms with van der Waals surface area (Å²) in [6.07, 6.45) is 3.39. The lowest BCUT2D eigenvalue weighted by Crippen LogP contribution is -2.48. The van der Waals surface area contributed by atoms with Crippen molar-refractivity contribution in [3.8, 4) is 11.5 Å². The molecule has 0 saturated carbocycles. The number of carbonyl (C=O) groups excluding carboxylic acids is 1. The van der Waals surface area contributed by atoms with Crippen molar-refractivity contribution in [2.45, 2.75) is 6.92 Å². The number of ether oxygens (including phenoxy) is 2. The number of hydrogen-bond donors (Lipinski definition) is 0. The number of carbonyl (C=O) groups is 1. The van der Waals surface area contributed by atoms with Gasteiger partial charge in [-0.2, -0.15) is 5.10 Å². The Morgan fingerprint density at radius 3 is 2.37 bits per heavy atom. The maximum Gasteiger partial charge on any atom is 0.246 e. The Balaban J connectivity index is 1.58. The van der Waals surface area contributed by atoms with Gasteiger partial charge in [0.15, 0.2) is 17.3 Å². The second-order valence-corrected chi connectivity index (χ2v) is 6.29. The first kappa shape index (κ1) is 18.7. The van der Waals surface area contributed by atoms with Crippen molar-refractivity contribution in [2.24, 2.45) is 0 Å². The van der Waals surface area contributed by atoms with E-state index >= 15 is 0 Å². The summed E-state index contributed by atoms with van der Waals surface area (Å²) in [6.45, 7) is 4.72. The van der Waals surface area contributed by atoms with E-state index in [2.05, 4.69) is 15.1 Å². The van der Waals surface area contributed by atoms with Crippen molar-refractivity contribution >= 4 is 17.8 Å². The first-order valence-corrected chi connectivity index (χ1v) is 8.85. The zero-order chi connectivity index (χ0) is 19.2. The van der Waals surface area contributed by atoms with Crippen LogP contribution in [0.2, 0.25) is 0 Å². The minimum atomic E-state index is -0.000532. The molecule has 1 aromatic heterocycles. The first-order valence-electron chi connectivity index (χ1n) is 8.85. The van der Waals surface area contributed by atoms with Gasteiger partial charge in [-0.05, 0) is 42.8 Å². The fourth-order valence-electron chi connectivity index (χ4n) is 2.95. The first-order chi connectivity index (χ1) is 13.1. The Morgan fingerprint density at radius 1 is 1.00 bits per heavy atom. The van der Waals surface area contributed by atoms with Gasteiger partial charge in [-0.1, -0.05) is 6.07 Å². The monoisotopic (exact) mass is 368 g/mol. The number of nitrogens with zero attached hydrogens (tertiary/aromatic N) is 4. The Hall–Kier alpha value is -3.09. The number of piperazine rings is 1. The van der Waals surface area contributed by atoms with E-state index in [0.717, 1.165) is 30.2 Å². The van der Waals surface area contributed by atoms with Gasteiger partial charge in [-0.15, -0.1) is 5.10 Å². The molecule has 1 aliphatic heterocycles. The molecule has 1 amide bonds. The van der Waals surface area contributed by atoms with Crippen molar-refractivity contribution in [3.05, 3.63) is 47.7 Å². The third-order valence-electron chi connectivity index (χ3n) is 4.53. The molecule has 1 fully saturated rings. The smallest absolute Gasteiger partial charge is 0.246 e. The molecule has 1 aliphatic rings. The van der Waals surface area contributed by atoms with Gasteiger partial charge in [-0.25, -0.2) is 0 Å². The van der Waals surface area contributed by atoms with Gasteiger partial charge in [-0.3, -0.25) is 4.79 Å². The van der Waals surface area contributed by atoms with E-state index in [4.69, 9.17) is 9.47 Å². The zero-order valence-corrected chi connectivity index (χ0v) is 15.9. The highest BCUT2D eigenvalue weighted by atomic mass is 16.5. The molecule has 0 N–H and O–H groups in total. The Labute approximate surface area is 159 Å².